The fraction of sp³-hybridized carbons (Fsp3) is 0.516. The van der Waals surface area contributed by atoms with Crippen LogP contribution in [0.3, 0.4) is 0 Å². The van der Waals surface area contributed by atoms with Crippen LogP contribution in [0.1, 0.15) is 88.6 Å². The van der Waals surface area contributed by atoms with Gasteiger partial charge in [-0.1, -0.05) is 80.3 Å². The van der Waals surface area contributed by atoms with Gasteiger partial charge in [0, 0.05) is 13.1 Å². The number of nitrogens with one attached hydrogen (secondary N) is 2. The van der Waals surface area contributed by atoms with E-state index >= 15 is 0 Å². The smallest absolute Gasteiger partial charge is 0.408 e. The lowest BCUT2D eigenvalue weighted by Gasteiger charge is -2.34. The van der Waals surface area contributed by atoms with Crippen molar-refractivity contribution in [3.05, 3.63) is 70.8 Å². The van der Waals surface area contributed by atoms with Gasteiger partial charge in [0.15, 0.2) is 0 Å². The molecule has 0 aliphatic rings. The monoisotopic (exact) mass is 523 g/mol. The highest BCUT2D eigenvalue weighted by molar-refractivity contribution is 5.92. The van der Waals surface area contributed by atoms with Gasteiger partial charge in [-0.25, -0.2) is 4.79 Å². The summed E-state index contributed by atoms with van der Waals surface area (Å²) < 4.78 is 5.37. The number of ether oxygens (including phenoxy) is 1. The van der Waals surface area contributed by atoms with Crippen LogP contribution in [0.15, 0.2) is 48.5 Å². The molecule has 7 nitrogen and oxygen atoms in total. The molecule has 0 radical (unpaired) electrons. The van der Waals surface area contributed by atoms with Crippen molar-refractivity contribution in [2.45, 2.75) is 98.4 Å². The molecule has 208 valence electrons. The van der Waals surface area contributed by atoms with Crippen LogP contribution in [-0.4, -0.2) is 41.0 Å². The van der Waals surface area contributed by atoms with Crippen LogP contribution in [0.5, 0.6) is 0 Å². The molecule has 2 aromatic rings. The average Bonchev–Trinajstić information content (AvgIpc) is 2.85. The van der Waals surface area contributed by atoms with Gasteiger partial charge in [-0.05, 0) is 64.7 Å². The second-order valence-corrected chi connectivity index (χ2v) is 10.9. The summed E-state index contributed by atoms with van der Waals surface area (Å²) in [6, 6.07) is 13.9. The molecule has 0 heterocycles. The third-order valence-corrected chi connectivity index (χ3v) is 6.24. The molecular weight excluding hydrogens is 478 g/mol. The second kappa shape index (κ2) is 14.6. The normalized spacial score (nSPS) is 12.8. The van der Waals surface area contributed by atoms with E-state index in [1.807, 2.05) is 62.4 Å². The number of nitrogens with zero attached hydrogens (tertiary/aromatic N) is 1. The number of aryl methyl sites for hydroxylation is 2. The van der Waals surface area contributed by atoms with Crippen molar-refractivity contribution >= 4 is 17.9 Å². The first-order valence-electron chi connectivity index (χ1n) is 13.6. The van der Waals surface area contributed by atoms with Crippen LogP contribution in [0.4, 0.5) is 4.79 Å². The van der Waals surface area contributed by atoms with E-state index in [0.717, 1.165) is 47.9 Å². The quantitative estimate of drug-likeness (QED) is 0.335. The SMILES string of the molecule is CCCCCCN(C(=O)C(C)NC(=O)OC(C)(C)C)C(C(=O)NCc1ccccc1)c1cc(C)ccc1C. The zero-order valence-corrected chi connectivity index (χ0v) is 24.1. The number of carbonyl (C=O) groups is 3. The van der Waals surface area contributed by atoms with Crippen LogP contribution in [0, 0.1) is 13.8 Å². The number of carbonyl (C=O) groups excluding carboxylic acids is 3. The fourth-order valence-electron chi connectivity index (χ4n) is 4.26. The first-order chi connectivity index (χ1) is 17.9. The Balaban J connectivity index is 2.41. The van der Waals surface area contributed by atoms with E-state index in [2.05, 4.69) is 17.6 Å². The second-order valence-electron chi connectivity index (χ2n) is 10.9. The van der Waals surface area contributed by atoms with Crippen LogP contribution < -0.4 is 10.6 Å². The van der Waals surface area contributed by atoms with Gasteiger partial charge in [0.05, 0.1) is 0 Å². The van der Waals surface area contributed by atoms with Gasteiger partial charge < -0.3 is 20.3 Å². The van der Waals surface area contributed by atoms with Crippen LogP contribution >= 0.6 is 0 Å². The Bertz CT molecular complexity index is 1060. The fourth-order valence-corrected chi connectivity index (χ4v) is 4.26. The molecule has 0 spiro atoms. The van der Waals surface area contributed by atoms with Gasteiger partial charge in [0.1, 0.15) is 17.7 Å². The molecule has 0 aliphatic heterocycles. The maximum absolute atomic E-state index is 13.9. The number of hydrogen-bond donors (Lipinski definition) is 2. The molecule has 7 heteroatoms. The first kappa shape index (κ1) is 30.9. The molecule has 2 rings (SSSR count). The lowest BCUT2D eigenvalue weighted by molar-refractivity contribution is -0.142. The van der Waals surface area contributed by atoms with E-state index in [1.165, 1.54) is 0 Å². The standard InChI is InChI=1S/C31H45N3O4/c1-8-9-10-14-19-34(29(36)24(4)33-30(37)38-31(5,6)7)27(26-20-22(2)17-18-23(26)3)28(35)32-21-25-15-12-11-13-16-25/h11-13,15-18,20,24,27H,8-10,14,19,21H2,1-7H3,(H,32,35)(H,33,37). The van der Waals surface area contributed by atoms with E-state index < -0.39 is 23.8 Å². The zero-order valence-electron chi connectivity index (χ0n) is 24.1. The number of alkyl carbamates (subject to hydrolysis) is 1. The number of amides is 3. The van der Waals surface area contributed by atoms with E-state index in [9.17, 15) is 14.4 Å². The van der Waals surface area contributed by atoms with Gasteiger partial charge in [-0.3, -0.25) is 9.59 Å². The van der Waals surface area contributed by atoms with Crippen molar-refractivity contribution in [1.29, 1.82) is 0 Å². The van der Waals surface area contributed by atoms with Crippen molar-refractivity contribution in [2.75, 3.05) is 6.54 Å². The van der Waals surface area contributed by atoms with Crippen LogP contribution in [0.25, 0.3) is 0 Å². The number of rotatable bonds is 12. The Morgan fingerprint density at radius 2 is 1.66 bits per heavy atom. The highest BCUT2D eigenvalue weighted by Gasteiger charge is 2.35. The Labute approximate surface area is 228 Å². The Kier molecular flexibility index (Phi) is 11.8. The van der Waals surface area contributed by atoms with Crippen molar-refractivity contribution in [3.63, 3.8) is 0 Å². The van der Waals surface area contributed by atoms with Gasteiger partial charge in [-0.2, -0.15) is 0 Å². The molecular formula is C31H45N3O4. The summed E-state index contributed by atoms with van der Waals surface area (Å²) in [5, 5.41) is 5.71. The van der Waals surface area contributed by atoms with E-state index in [-0.39, 0.29) is 11.8 Å². The highest BCUT2D eigenvalue weighted by Crippen LogP contribution is 2.27. The van der Waals surface area contributed by atoms with Crippen LogP contribution in [-0.2, 0) is 20.9 Å². The summed E-state index contributed by atoms with van der Waals surface area (Å²) in [5.41, 5.74) is 3.00. The third kappa shape index (κ3) is 9.84. The molecule has 0 saturated heterocycles. The van der Waals surface area contributed by atoms with Crippen molar-refractivity contribution in [1.82, 2.24) is 15.5 Å². The van der Waals surface area contributed by atoms with Gasteiger partial charge in [0.25, 0.3) is 0 Å². The summed E-state index contributed by atoms with van der Waals surface area (Å²) in [6.07, 6.45) is 3.14. The highest BCUT2D eigenvalue weighted by atomic mass is 16.6. The summed E-state index contributed by atoms with van der Waals surface area (Å²) in [7, 11) is 0. The average molecular weight is 524 g/mol. The Hall–Kier alpha value is -3.35. The Morgan fingerprint density at radius 3 is 2.29 bits per heavy atom. The van der Waals surface area contributed by atoms with Crippen molar-refractivity contribution in [3.8, 4) is 0 Å². The summed E-state index contributed by atoms with van der Waals surface area (Å²) in [6.45, 7) is 13.8. The lowest BCUT2D eigenvalue weighted by Crippen LogP contribution is -2.52. The minimum Gasteiger partial charge on any atom is -0.444 e. The molecule has 0 aliphatic carbocycles. The summed E-state index contributed by atoms with van der Waals surface area (Å²) in [5.74, 6) is -0.580. The van der Waals surface area contributed by atoms with Crippen molar-refractivity contribution < 1.29 is 19.1 Å². The molecule has 2 unspecified atom stereocenters. The largest absolute Gasteiger partial charge is 0.444 e. The van der Waals surface area contributed by atoms with Gasteiger partial charge in [-0.15, -0.1) is 0 Å². The van der Waals surface area contributed by atoms with Crippen molar-refractivity contribution in [2.24, 2.45) is 0 Å². The van der Waals surface area contributed by atoms with E-state index in [1.54, 1.807) is 32.6 Å². The third-order valence-electron chi connectivity index (χ3n) is 6.24. The molecule has 3 amide bonds. The van der Waals surface area contributed by atoms with E-state index in [0.29, 0.717) is 13.1 Å². The number of hydrogen-bond acceptors (Lipinski definition) is 4. The number of benzene rings is 2. The maximum atomic E-state index is 13.9. The summed E-state index contributed by atoms with van der Waals surface area (Å²) in [4.78, 5) is 41.8. The van der Waals surface area contributed by atoms with Crippen LogP contribution in [0.2, 0.25) is 0 Å². The molecule has 2 atom stereocenters. The lowest BCUT2D eigenvalue weighted by atomic mass is 9.95. The van der Waals surface area contributed by atoms with Gasteiger partial charge >= 0.3 is 6.09 Å². The molecule has 0 aromatic heterocycles. The predicted octanol–water partition coefficient (Wildman–Crippen LogP) is 5.98. The van der Waals surface area contributed by atoms with E-state index in [4.69, 9.17) is 4.74 Å². The van der Waals surface area contributed by atoms with Gasteiger partial charge in [0.2, 0.25) is 11.8 Å². The minimum absolute atomic E-state index is 0.254. The first-order valence-corrected chi connectivity index (χ1v) is 13.6. The molecule has 2 N–H and O–H groups in total. The topological polar surface area (TPSA) is 87.7 Å². The molecule has 0 bridgehead atoms. The summed E-state index contributed by atoms with van der Waals surface area (Å²) >= 11 is 0. The molecule has 0 saturated carbocycles. The molecule has 2 aromatic carbocycles. The molecule has 0 fully saturated rings. The number of unbranched alkanes of at least 4 members (excludes halogenated alkanes) is 3. The maximum Gasteiger partial charge on any atom is 0.408 e. The predicted molar refractivity (Wildman–Crippen MR) is 152 cm³/mol. The Morgan fingerprint density at radius 1 is 0.974 bits per heavy atom. The minimum atomic E-state index is -0.870. The molecule has 38 heavy (non-hydrogen) atoms. The zero-order chi connectivity index (χ0) is 28.3.